The van der Waals surface area contributed by atoms with E-state index in [1.807, 2.05) is 6.08 Å². The lowest BCUT2D eigenvalue weighted by Crippen LogP contribution is -2.45. The van der Waals surface area contributed by atoms with Crippen molar-refractivity contribution in [1.29, 1.82) is 0 Å². The zero-order valence-corrected chi connectivity index (χ0v) is 38.4. The fraction of sp³-hybridized carbons (Fsp3) is 0.776. The number of phosphoric ester groups is 1. The van der Waals surface area contributed by atoms with Crippen molar-refractivity contribution in [2.75, 3.05) is 19.8 Å². The van der Waals surface area contributed by atoms with E-state index < -0.39 is 20.0 Å². The number of hydrogen-bond acceptors (Lipinski definition) is 6. The third kappa shape index (κ3) is 42.3. The first-order valence-corrected chi connectivity index (χ1v) is 25.4. The summed E-state index contributed by atoms with van der Waals surface area (Å²) in [7, 11) is -4.34. The number of phosphoric acid groups is 1. The Labute approximate surface area is 357 Å². The van der Waals surface area contributed by atoms with E-state index in [2.05, 4.69) is 67.8 Å². The average molecular weight is 835 g/mol. The van der Waals surface area contributed by atoms with Crippen LogP contribution in [0.3, 0.4) is 0 Å². The molecule has 0 aromatic carbocycles. The SMILES string of the molecule is CC/C=C\C/C=C\C/C=C\C/C=C\CCCCCCCCCCCCC(=O)NC(COP(=O)(O)OCCN)C(O)/C=C/CCCCCCCCCCCCCCCC. The van der Waals surface area contributed by atoms with E-state index in [-0.39, 0.29) is 25.7 Å². The van der Waals surface area contributed by atoms with Crippen LogP contribution in [0, 0.1) is 0 Å². The Kier molecular flexibility index (Phi) is 43.4. The van der Waals surface area contributed by atoms with E-state index in [1.54, 1.807) is 6.08 Å². The van der Waals surface area contributed by atoms with Crippen molar-refractivity contribution in [3.05, 3.63) is 60.8 Å². The molecule has 0 heterocycles. The van der Waals surface area contributed by atoms with Gasteiger partial charge in [0.15, 0.2) is 0 Å². The maximum Gasteiger partial charge on any atom is 0.472 e. The van der Waals surface area contributed by atoms with Crippen LogP contribution in [-0.4, -0.2) is 47.8 Å². The van der Waals surface area contributed by atoms with E-state index in [0.29, 0.717) is 6.42 Å². The number of aliphatic hydroxyl groups is 1. The molecule has 0 aromatic rings. The molecule has 58 heavy (non-hydrogen) atoms. The van der Waals surface area contributed by atoms with E-state index in [4.69, 9.17) is 14.8 Å². The molecule has 0 saturated carbocycles. The monoisotopic (exact) mass is 835 g/mol. The maximum absolute atomic E-state index is 12.8. The van der Waals surface area contributed by atoms with Gasteiger partial charge in [-0.05, 0) is 57.8 Å². The third-order valence-electron chi connectivity index (χ3n) is 10.3. The molecule has 8 nitrogen and oxygen atoms in total. The fourth-order valence-electron chi connectivity index (χ4n) is 6.77. The molecule has 0 rings (SSSR count). The number of amides is 1. The number of allylic oxidation sites excluding steroid dienone is 9. The molecule has 338 valence electrons. The molecule has 3 atom stereocenters. The first-order chi connectivity index (χ1) is 28.4. The molecule has 9 heteroatoms. The molecular weight excluding hydrogens is 744 g/mol. The fourth-order valence-corrected chi connectivity index (χ4v) is 7.53. The topological polar surface area (TPSA) is 131 Å². The molecule has 0 aliphatic rings. The summed E-state index contributed by atoms with van der Waals surface area (Å²) in [6.45, 7) is 4.03. The Bertz CT molecular complexity index is 1090. The highest BCUT2D eigenvalue weighted by Crippen LogP contribution is 2.43. The van der Waals surface area contributed by atoms with Crippen molar-refractivity contribution in [2.24, 2.45) is 5.73 Å². The standard InChI is InChI=1S/C49H91N2O6P/c1-3-5-7-9-11-13-15-17-19-21-22-23-24-25-26-27-29-31-33-35-37-39-41-43-49(53)51-47(46-57-58(54,55)56-45-44-50)48(52)42-40-38-36-34-32-30-28-20-18-16-14-12-10-8-6-4-2/h5,7,11,13,17,19,22-23,40,42,47-48,52H,3-4,6,8-10,12,14-16,18,20-21,24-39,41,43-46,50H2,1-2H3,(H,51,53)(H,54,55)/b7-5-,13-11-,19-17-,23-22-,42-40+. The Balaban J connectivity index is 4.14. The van der Waals surface area contributed by atoms with Gasteiger partial charge in [-0.15, -0.1) is 0 Å². The molecule has 0 bridgehead atoms. The lowest BCUT2D eigenvalue weighted by atomic mass is 10.0. The second-order valence-electron chi connectivity index (χ2n) is 15.9. The van der Waals surface area contributed by atoms with Gasteiger partial charge in [0.1, 0.15) is 0 Å². The summed E-state index contributed by atoms with van der Waals surface area (Å²) in [6, 6.07) is -0.865. The normalized spacial score (nSPS) is 14.5. The van der Waals surface area contributed by atoms with Crippen LogP contribution in [0.5, 0.6) is 0 Å². The van der Waals surface area contributed by atoms with Gasteiger partial charge in [0.2, 0.25) is 5.91 Å². The van der Waals surface area contributed by atoms with Gasteiger partial charge in [-0.1, -0.05) is 209 Å². The molecule has 0 radical (unpaired) electrons. The van der Waals surface area contributed by atoms with Crippen molar-refractivity contribution in [2.45, 2.75) is 225 Å². The summed E-state index contributed by atoms with van der Waals surface area (Å²) in [6.07, 6.45) is 57.0. The second-order valence-corrected chi connectivity index (χ2v) is 17.4. The Hall–Kier alpha value is -1.80. The van der Waals surface area contributed by atoms with Crippen molar-refractivity contribution < 1.29 is 28.4 Å². The molecule has 0 fully saturated rings. The first-order valence-electron chi connectivity index (χ1n) is 23.9. The number of nitrogens with one attached hydrogen (secondary N) is 1. The highest BCUT2D eigenvalue weighted by atomic mass is 31.2. The highest BCUT2D eigenvalue weighted by molar-refractivity contribution is 7.47. The molecule has 0 aliphatic carbocycles. The van der Waals surface area contributed by atoms with Gasteiger partial charge in [0.05, 0.1) is 25.4 Å². The van der Waals surface area contributed by atoms with Gasteiger partial charge < -0.3 is 21.1 Å². The second kappa shape index (κ2) is 44.7. The molecule has 1 amide bonds. The van der Waals surface area contributed by atoms with Gasteiger partial charge in [0, 0.05) is 13.0 Å². The first kappa shape index (κ1) is 56.2. The Morgan fingerprint density at radius 1 is 0.586 bits per heavy atom. The molecular formula is C49H91N2O6P. The van der Waals surface area contributed by atoms with Gasteiger partial charge in [-0.25, -0.2) is 4.57 Å². The summed E-state index contributed by atoms with van der Waals surface area (Å²) in [5.41, 5.74) is 5.38. The maximum atomic E-state index is 12.8. The minimum atomic E-state index is -4.34. The lowest BCUT2D eigenvalue weighted by molar-refractivity contribution is -0.123. The zero-order chi connectivity index (χ0) is 42.5. The average Bonchev–Trinajstić information content (AvgIpc) is 3.21. The van der Waals surface area contributed by atoms with Gasteiger partial charge >= 0.3 is 7.82 Å². The van der Waals surface area contributed by atoms with Crippen LogP contribution >= 0.6 is 7.82 Å². The Morgan fingerprint density at radius 3 is 1.47 bits per heavy atom. The Morgan fingerprint density at radius 2 is 1.00 bits per heavy atom. The van der Waals surface area contributed by atoms with Crippen LogP contribution < -0.4 is 11.1 Å². The summed E-state index contributed by atoms with van der Waals surface area (Å²) in [4.78, 5) is 22.8. The van der Waals surface area contributed by atoms with Gasteiger partial charge in [-0.3, -0.25) is 13.8 Å². The van der Waals surface area contributed by atoms with Crippen LogP contribution in [0.2, 0.25) is 0 Å². The van der Waals surface area contributed by atoms with Gasteiger partial charge in [0.25, 0.3) is 0 Å². The number of aliphatic hydroxyl groups excluding tert-OH is 1. The third-order valence-corrected chi connectivity index (χ3v) is 11.3. The van der Waals surface area contributed by atoms with Crippen LogP contribution in [0.1, 0.15) is 213 Å². The number of carbonyl (C=O) groups excluding carboxylic acids is 1. The summed E-state index contributed by atoms with van der Waals surface area (Å²) >= 11 is 0. The van der Waals surface area contributed by atoms with Crippen LogP contribution in [0.25, 0.3) is 0 Å². The summed E-state index contributed by atoms with van der Waals surface area (Å²) < 4.78 is 22.2. The molecule has 3 unspecified atom stereocenters. The van der Waals surface area contributed by atoms with Crippen LogP contribution in [0.4, 0.5) is 0 Å². The number of unbranched alkanes of at least 4 members (excludes halogenated alkanes) is 24. The number of nitrogens with two attached hydrogens (primary N) is 1. The minimum Gasteiger partial charge on any atom is -0.387 e. The predicted octanol–water partition coefficient (Wildman–Crippen LogP) is 13.8. The number of hydrogen-bond donors (Lipinski definition) is 4. The van der Waals surface area contributed by atoms with E-state index in [1.165, 1.54) is 128 Å². The highest BCUT2D eigenvalue weighted by Gasteiger charge is 2.26. The summed E-state index contributed by atoms with van der Waals surface area (Å²) in [5, 5.41) is 13.7. The smallest absolute Gasteiger partial charge is 0.387 e. The molecule has 0 aliphatic heterocycles. The minimum absolute atomic E-state index is 0.0758. The quantitative estimate of drug-likeness (QED) is 0.0273. The van der Waals surface area contributed by atoms with Crippen molar-refractivity contribution >= 4 is 13.7 Å². The molecule has 5 N–H and O–H groups in total. The van der Waals surface area contributed by atoms with Gasteiger partial charge in [-0.2, -0.15) is 0 Å². The zero-order valence-electron chi connectivity index (χ0n) is 37.5. The number of carbonyl (C=O) groups is 1. The van der Waals surface area contributed by atoms with E-state index >= 15 is 0 Å². The van der Waals surface area contributed by atoms with Crippen LogP contribution in [-0.2, 0) is 18.4 Å². The molecule has 0 aromatic heterocycles. The van der Waals surface area contributed by atoms with Crippen molar-refractivity contribution in [1.82, 2.24) is 5.32 Å². The van der Waals surface area contributed by atoms with E-state index in [0.717, 1.165) is 64.2 Å². The summed E-state index contributed by atoms with van der Waals surface area (Å²) in [5.74, 6) is -0.200. The predicted molar refractivity (Wildman–Crippen MR) is 249 cm³/mol. The van der Waals surface area contributed by atoms with Crippen molar-refractivity contribution in [3.63, 3.8) is 0 Å². The van der Waals surface area contributed by atoms with E-state index in [9.17, 15) is 19.4 Å². The number of rotatable bonds is 44. The largest absolute Gasteiger partial charge is 0.472 e. The lowest BCUT2D eigenvalue weighted by Gasteiger charge is -2.23. The molecule has 0 saturated heterocycles. The van der Waals surface area contributed by atoms with Crippen molar-refractivity contribution in [3.8, 4) is 0 Å². The molecule has 0 spiro atoms. The van der Waals surface area contributed by atoms with Crippen LogP contribution in [0.15, 0.2) is 60.8 Å².